The lowest BCUT2D eigenvalue weighted by atomic mass is 9.98. The van der Waals surface area contributed by atoms with Gasteiger partial charge in [-0.1, -0.05) is 24.3 Å². The van der Waals surface area contributed by atoms with E-state index in [-0.39, 0.29) is 12.1 Å². The number of sulfonamides is 1. The maximum absolute atomic E-state index is 12.9. The molecule has 1 aromatic heterocycles. The molecule has 138 valence electrons. The van der Waals surface area contributed by atoms with E-state index < -0.39 is 10.0 Å². The van der Waals surface area contributed by atoms with Crippen LogP contribution in [-0.4, -0.2) is 30.6 Å². The van der Waals surface area contributed by atoms with Crippen LogP contribution < -0.4 is 4.72 Å². The number of rotatable bonds is 4. The number of aryl methyl sites for hydroxylation is 2. The molecule has 0 unspecified atom stereocenters. The van der Waals surface area contributed by atoms with Crippen LogP contribution in [0.15, 0.2) is 41.7 Å². The summed E-state index contributed by atoms with van der Waals surface area (Å²) in [5, 5.41) is 0. The summed E-state index contributed by atoms with van der Waals surface area (Å²) in [6, 6.07) is 7.82. The van der Waals surface area contributed by atoms with Gasteiger partial charge in [-0.2, -0.15) is 0 Å². The van der Waals surface area contributed by atoms with Gasteiger partial charge in [0, 0.05) is 19.7 Å². The van der Waals surface area contributed by atoms with E-state index in [0.717, 1.165) is 17.7 Å². The number of fused-ring (bicyclic) bond motifs is 1. The fraction of sp³-hybridized carbons (Fsp3) is 0.421. The molecule has 2 aliphatic rings. The van der Waals surface area contributed by atoms with Crippen LogP contribution in [0.2, 0.25) is 0 Å². The molecule has 0 amide bonds. The van der Waals surface area contributed by atoms with E-state index in [1.165, 1.54) is 5.56 Å². The third-order valence-corrected chi connectivity index (χ3v) is 6.80. The van der Waals surface area contributed by atoms with Crippen LogP contribution in [0.4, 0.5) is 0 Å². The number of ether oxygens (including phenoxy) is 1. The van der Waals surface area contributed by atoms with Crippen LogP contribution in [0.1, 0.15) is 42.2 Å². The zero-order valence-electron chi connectivity index (χ0n) is 14.8. The molecule has 2 aromatic rings. The Bertz CT molecular complexity index is 933. The quantitative estimate of drug-likeness (QED) is 0.894. The Balaban J connectivity index is 1.50. The number of benzene rings is 1. The monoisotopic (exact) mass is 373 g/mol. The summed E-state index contributed by atoms with van der Waals surface area (Å²) in [6.45, 7) is 0.533. The number of nitrogens with zero attached hydrogens (tertiary/aromatic N) is 2. The van der Waals surface area contributed by atoms with Gasteiger partial charge >= 0.3 is 0 Å². The molecule has 6 nitrogen and oxygen atoms in total. The third kappa shape index (κ3) is 3.47. The van der Waals surface area contributed by atoms with Gasteiger partial charge in [-0.3, -0.25) is 0 Å². The van der Waals surface area contributed by atoms with Crippen molar-refractivity contribution in [2.75, 3.05) is 6.61 Å². The molecule has 2 atom stereocenters. The Morgan fingerprint density at radius 3 is 2.92 bits per heavy atom. The molecule has 1 saturated heterocycles. The maximum atomic E-state index is 12.9. The van der Waals surface area contributed by atoms with Crippen molar-refractivity contribution in [2.45, 2.75) is 37.8 Å². The predicted octanol–water partition coefficient (Wildman–Crippen LogP) is 2.55. The smallest absolute Gasteiger partial charge is 0.236 e. The van der Waals surface area contributed by atoms with Gasteiger partial charge in [0.05, 0.1) is 23.1 Å². The molecule has 1 fully saturated rings. The van der Waals surface area contributed by atoms with Crippen LogP contribution in [0, 0.1) is 0 Å². The molecular formula is C19H23N3O3S. The fourth-order valence-electron chi connectivity index (χ4n) is 3.70. The molecule has 1 aromatic carbocycles. The third-order valence-electron chi connectivity index (χ3n) is 5.15. The van der Waals surface area contributed by atoms with Crippen LogP contribution in [0.5, 0.6) is 0 Å². The van der Waals surface area contributed by atoms with Crippen molar-refractivity contribution < 1.29 is 13.2 Å². The first-order valence-electron chi connectivity index (χ1n) is 8.91. The highest BCUT2D eigenvalue weighted by Crippen LogP contribution is 2.30. The van der Waals surface area contributed by atoms with Crippen molar-refractivity contribution in [1.82, 2.24) is 14.3 Å². The molecule has 7 heteroatoms. The topological polar surface area (TPSA) is 73.2 Å². The van der Waals surface area contributed by atoms with Crippen LogP contribution in [0.25, 0.3) is 6.08 Å². The summed E-state index contributed by atoms with van der Waals surface area (Å²) < 4.78 is 36.4. The van der Waals surface area contributed by atoms with Gasteiger partial charge in [-0.25, -0.2) is 18.1 Å². The lowest BCUT2D eigenvalue weighted by Gasteiger charge is -2.30. The van der Waals surface area contributed by atoms with Crippen LogP contribution in [0.3, 0.4) is 0 Å². The second-order valence-corrected chi connectivity index (χ2v) is 8.71. The molecule has 0 bridgehead atoms. The lowest BCUT2D eigenvalue weighted by Crippen LogP contribution is -2.40. The number of hydrogen-bond acceptors (Lipinski definition) is 4. The highest BCUT2D eigenvalue weighted by Gasteiger charge is 2.30. The predicted molar refractivity (Wildman–Crippen MR) is 99.7 cm³/mol. The minimum Gasteiger partial charge on any atom is -0.372 e. The first-order valence-corrected chi connectivity index (χ1v) is 10.4. The van der Waals surface area contributed by atoms with E-state index in [9.17, 15) is 8.42 Å². The number of hydrogen-bond donors (Lipinski definition) is 1. The van der Waals surface area contributed by atoms with E-state index in [4.69, 9.17) is 4.74 Å². The summed E-state index contributed by atoms with van der Waals surface area (Å²) in [6.07, 6.45) is 7.78. The van der Waals surface area contributed by atoms with Gasteiger partial charge in [0.2, 0.25) is 10.0 Å². The van der Waals surface area contributed by atoms with Crippen LogP contribution >= 0.6 is 0 Å². The summed E-state index contributed by atoms with van der Waals surface area (Å²) in [5.74, 6) is 0. The Kier molecular flexibility index (Phi) is 4.69. The molecular weight excluding hydrogens is 350 g/mol. The van der Waals surface area contributed by atoms with E-state index in [0.29, 0.717) is 30.8 Å². The van der Waals surface area contributed by atoms with Gasteiger partial charge in [0.25, 0.3) is 0 Å². The van der Waals surface area contributed by atoms with Crippen molar-refractivity contribution in [3.05, 3.63) is 58.5 Å². The second-order valence-electron chi connectivity index (χ2n) is 6.94. The summed E-state index contributed by atoms with van der Waals surface area (Å²) in [4.78, 5) is 4.60. The van der Waals surface area contributed by atoms with Gasteiger partial charge in [0.1, 0.15) is 6.10 Å². The van der Waals surface area contributed by atoms with Crippen molar-refractivity contribution in [2.24, 2.45) is 7.05 Å². The zero-order valence-corrected chi connectivity index (χ0v) is 15.6. The maximum Gasteiger partial charge on any atom is 0.236 e. The van der Waals surface area contributed by atoms with Gasteiger partial charge < -0.3 is 9.30 Å². The average molecular weight is 373 g/mol. The SMILES string of the molecule is Cn1cncc1[C@@H]1C[C@H](NS(=O)(=O)C2=Cc3ccccc3CC2)CCO1. The van der Waals surface area contributed by atoms with E-state index in [2.05, 4.69) is 15.8 Å². The second kappa shape index (κ2) is 6.98. The minimum absolute atomic E-state index is 0.133. The van der Waals surface area contributed by atoms with E-state index in [1.54, 1.807) is 18.6 Å². The standard InChI is InChI=1S/C19H23N3O3S/c1-22-13-20-12-18(22)19-11-16(8-9-25-19)21-26(23,24)17-7-6-14-4-2-3-5-15(14)10-17/h2-5,10,12-13,16,19,21H,6-9,11H2,1H3/t16-,19+/m1/s1. The largest absolute Gasteiger partial charge is 0.372 e. The van der Waals surface area contributed by atoms with Crippen molar-refractivity contribution in [1.29, 1.82) is 0 Å². The van der Waals surface area contributed by atoms with E-state index in [1.807, 2.05) is 29.8 Å². The molecule has 0 radical (unpaired) electrons. The van der Waals surface area contributed by atoms with Crippen LogP contribution in [-0.2, 0) is 28.2 Å². The Hall–Kier alpha value is -1.96. The number of nitrogens with one attached hydrogen (secondary N) is 1. The number of imidazole rings is 1. The van der Waals surface area contributed by atoms with Gasteiger partial charge in [-0.05, 0) is 42.9 Å². The lowest BCUT2D eigenvalue weighted by molar-refractivity contribution is -0.0000110. The van der Waals surface area contributed by atoms with E-state index >= 15 is 0 Å². The molecule has 1 aliphatic heterocycles. The Labute approximate surface area is 153 Å². The summed E-state index contributed by atoms with van der Waals surface area (Å²) in [5.41, 5.74) is 3.17. The van der Waals surface area contributed by atoms with Crippen molar-refractivity contribution in [3.8, 4) is 0 Å². The number of allylic oxidation sites excluding steroid dienone is 1. The zero-order chi connectivity index (χ0) is 18.1. The van der Waals surface area contributed by atoms with Crippen molar-refractivity contribution >= 4 is 16.1 Å². The fourth-order valence-corrected chi connectivity index (χ4v) is 5.16. The molecule has 0 spiro atoms. The highest BCUT2D eigenvalue weighted by molar-refractivity contribution is 7.93. The highest BCUT2D eigenvalue weighted by atomic mass is 32.2. The molecule has 2 heterocycles. The molecule has 26 heavy (non-hydrogen) atoms. The average Bonchev–Trinajstić information content (AvgIpc) is 3.07. The number of aromatic nitrogens is 2. The summed E-state index contributed by atoms with van der Waals surface area (Å²) in [7, 11) is -1.57. The van der Waals surface area contributed by atoms with Crippen molar-refractivity contribution in [3.63, 3.8) is 0 Å². The minimum atomic E-state index is -3.49. The first kappa shape index (κ1) is 17.5. The first-order chi connectivity index (χ1) is 12.5. The normalized spacial score (nSPS) is 23.3. The molecule has 1 aliphatic carbocycles. The summed E-state index contributed by atoms with van der Waals surface area (Å²) >= 11 is 0. The molecule has 1 N–H and O–H groups in total. The Morgan fingerprint density at radius 1 is 1.27 bits per heavy atom. The molecule has 4 rings (SSSR count). The molecule has 0 saturated carbocycles. The van der Waals surface area contributed by atoms with Gasteiger partial charge in [-0.15, -0.1) is 0 Å². The van der Waals surface area contributed by atoms with Gasteiger partial charge in [0.15, 0.2) is 0 Å². The Morgan fingerprint density at radius 2 is 2.12 bits per heavy atom.